The molecule has 21 heavy (non-hydrogen) atoms. The topological polar surface area (TPSA) is 58.2 Å². The lowest BCUT2D eigenvalue weighted by atomic mass is 10.2. The average molecular weight is 304 g/mol. The van der Waals surface area contributed by atoms with Crippen LogP contribution in [0.15, 0.2) is 53.4 Å². The molecule has 2 N–H and O–H groups in total. The van der Waals surface area contributed by atoms with Gasteiger partial charge in [-0.05, 0) is 42.8 Å². The molecule has 5 heteroatoms. The molecule has 0 fully saturated rings. The first kappa shape index (κ1) is 15.5. The molecule has 0 saturated carbocycles. The van der Waals surface area contributed by atoms with Gasteiger partial charge in [0.15, 0.2) is 0 Å². The van der Waals surface area contributed by atoms with Crippen LogP contribution in [0.5, 0.6) is 0 Å². The summed E-state index contributed by atoms with van der Waals surface area (Å²) in [6.07, 6.45) is 0. The average Bonchev–Trinajstić information content (AvgIpc) is 2.48. The van der Waals surface area contributed by atoms with E-state index >= 15 is 0 Å². The first-order valence-electron chi connectivity index (χ1n) is 6.91. The summed E-state index contributed by atoms with van der Waals surface area (Å²) in [5, 5.41) is 3.19. The fraction of sp³-hybridized carbons (Fsp3) is 0.250. The van der Waals surface area contributed by atoms with Gasteiger partial charge in [-0.1, -0.05) is 37.3 Å². The van der Waals surface area contributed by atoms with Gasteiger partial charge in [-0.25, -0.2) is 8.42 Å². The first-order valence-corrected chi connectivity index (χ1v) is 8.39. The molecule has 0 radical (unpaired) electrons. The lowest BCUT2D eigenvalue weighted by Gasteiger charge is -2.11. The number of anilines is 1. The number of sulfonamides is 1. The quantitative estimate of drug-likeness (QED) is 0.862. The van der Waals surface area contributed by atoms with E-state index in [-0.39, 0.29) is 4.90 Å². The van der Waals surface area contributed by atoms with E-state index in [2.05, 4.69) is 10.0 Å². The normalized spacial score (nSPS) is 11.3. The van der Waals surface area contributed by atoms with Crippen molar-refractivity contribution in [3.05, 3.63) is 59.7 Å². The van der Waals surface area contributed by atoms with E-state index in [1.807, 2.05) is 38.1 Å². The van der Waals surface area contributed by atoms with Crippen molar-refractivity contribution in [3.63, 3.8) is 0 Å². The zero-order chi connectivity index (χ0) is 15.3. The number of rotatable bonds is 6. The summed E-state index contributed by atoms with van der Waals surface area (Å²) >= 11 is 0. The molecule has 2 aromatic carbocycles. The Bertz CT molecular complexity index is 712. The van der Waals surface area contributed by atoms with Gasteiger partial charge in [-0.15, -0.1) is 0 Å². The molecule has 0 saturated heterocycles. The molecule has 0 bridgehead atoms. The highest BCUT2D eigenvalue weighted by atomic mass is 32.2. The molecular weight excluding hydrogens is 284 g/mol. The maximum atomic E-state index is 12.4. The molecule has 0 spiro atoms. The lowest BCUT2D eigenvalue weighted by molar-refractivity contribution is 0.601. The van der Waals surface area contributed by atoms with E-state index in [0.717, 1.165) is 17.7 Å². The molecule has 2 rings (SSSR count). The Morgan fingerprint density at radius 3 is 2.52 bits per heavy atom. The highest BCUT2D eigenvalue weighted by Crippen LogP contribution is 2.19. The van der Waals surface area contributed by atoms with Crippen molar-refractivity contribution in [2.24, 2.45) is 0 Å². The highest BCUT2D eigenvalue weighted by Gasteiger charge is 2.15. The van der Waals surface area contributed by atoms with E-state index in [0.29, 0.717) is 12.2 Å². The third-order valence-corrected chi connectivity index (χ3v) is 4.54. The van der Waals surface area contributed by atoms with Crippen molar-refractivity contribution in [2.75, 3.05) is 11.3 Å². The molecule has 0 aliphatic rings. The van der Waals surface area contributed by atoms with Gasteiger partial charge in [0.25, 0.3) is 10.0 Å². The van der Waals surface area contributed by atoms with Gasteiger partial charge in [0.1, 0.15) is 0 Å². The maximum absolute atomic E-state index is 12.4. The number of para-hydroxylation sites is 1. The Labute approximate surface area is 126 Å². The molecule has 0 heterocycles. The lowest BCUT2D eigenvalue weighted by Crippen LogP contribution is -2.15. The summed E-state index contributed by atoms with van der Waals surface area (Å²) in [4.78, 5) is 0.279. The monoisotopic (exact) mass is 304 g/mol. The van der Waals surface area contributed by atoms with Crippen molar-refractivity contribution in [1.29, 1.82) is 0 Å². The molecule has 0 aromatic heterocycles. The SMILES string of the molecule is CCNCc1cccc(S(=O)(=O)Nc2ccccc2C)c1. The van der Waals surface area contributed by atoms with Crippen molar-refractivity contribution in [3.8, 4) is 0 Å². The molecule has 0 unspecified atom stereocenters. The second-order valence-corrected chi connectivity index (χ2v) is 6.53. The van der Waals surface area contributed by atoms with Crippen LogP contribution >= 0.6 is 0 Å². The second-order valence-electron chi connectivity index (χ2n) is 4.85. The fourth-order valence-corrected chi connectivity index (χ4v) is 3.18. The van der Waals surface area contributed by atoms with E-state index in [9.17, 15) is 8.42 Å². The van der Waals surface area contributed by atoms with Gasteiger partial charge in [-0.3, -0.25) is 4.72 Å². The second kappa shape index (κ2) is 6.74. The highest BCUT2D eigenvalue weighted by molar-refractivity contribution is 7.92. The van der Waals surface area contributed by atoms with E-state index in [1.54, 1.807) is 24.3 Å². The van der Waals surface area contributed by atoms with Gasteiger partial charge in [0, 0.05) is 6.54 Å². The van der Waals surface area contributed by atoms with Crippen molar-refractivity contribution in [2.45, 2.75) is 25.3 Å². The third kappa shape index (κ3) is 4.06. The van der Waals surface area contributed by atoms with Crippen LogP contribution in [0.2, 0.25) is 0 Å². The van der Waals surface area contributed by atoms with E-state index in [1.165, 1.54) is 0 Å². The smallest absolute Gasteiger partial charge is 0.261 e. The van der Waals surface area contributed by atoms with Crippen molar-refractivity contribution in [1.82, 2.24) is 5.32 Å². The predicted octanol–water partition coefficient (Wildman–Crippen LogP) is 2.91. The van der Waals surface area contributed by atoms with Crippen LogP contribution in [0.4, 0.5) is 5.69 Å². The number of benzene rings is 2. The van der Waals surface area contributed by atoms with Crippen molar-refractivity contribution >= 4 is 15.7 Å². The molecule has 0 aliphatic carbocycles. The summed E-state index contributed by atoms with van der Waals surface area (Å²) in [6.45, 7) is 5.39. The van der Waals surface area contributed by atoms with Crippen LogP contribution in [0.1, 0.15) is 18.1 Å². The standard InChI is InChI=1S/C16H20N2O2S/c1-3-17-12-14-8-6-9-15(11-14)21(19,20)18-16-10-5-4-7-13(16)2/h4-11,17-18H,3,12H2,1-2H3. The molecule has 0 atom stereocenters. The zero-order valence-electron chi connectivity index (χ0n) is 12.3. The number of aryl methyl sites for hydroxylation is 1. The largest absolute Gasteiger partial charge is 0.313 e. The third-order valence-electron chi connectivity index (χ3n) is 3.18. The van der Waals surface area contributed by atoms with Gasteiger partial charge < -0.3 is 5.32 Å². The Kier molecular flexibility index (Phi) is 4.98. The molecule has 0 aliphatic heterocycles. The Balaban J connectivity index is 2.25. The van der Waals surface area contributed by atoms with Gasteiger partial charge in [0.2, 0.25) is 0 Å². The van der Waals surface area contributed by atoms with E-state index < -0.39 is 10.0 Å². The molecular formula is C16H20N2O2S. The Morgan fingerprint density at radius 1 is 1.05 bits per heavy atom. The van der Waals surface area contributed by atoms with Gasteiger partial charge in [0.05, 0.1) is 10.6 Å². The molecule has 0 amide bonds. The number of hydrogen-bond donors (Lipinski definition) is 2. The fourth-order valence-electron chi connectivity index (χ4n) is 1.98. The van der Waals surface area contributed by atoms with Crippen molar-refractivity contribution < 1.29 is 8.42 Å². The maximum Gasteiger partial charge on any atom is 0.261 e. The minimum Gasteiger partial charge on any atom is -0.313 e. The summed E-state index contributed by atoms with van der Waals surface area (Å²) < 4.78 is 27.5. The Morgan fingerprint density at radius 2 is 1.81 bits per heavy atom. The zero-order valence-corrected chi connectivity index (χ0v) is 13.1. The van der Waals surface area contributed by atoms with Crippen LogP contribution in [0.25, 0.3) is 0 Å². The summed E-state index contributed by atoms with van der Waals surface area (Å²) in [7, 11) is -3.56. The first-order chi connectivity index (χ1) is 10.0. The van der Waals surface area contributed by atoms with Crippen LogP contribution in [-0.4, -0.2) is 15.0 Å². The minimum atomic E-state index is -3.56. The van der Waals surface area contributed by atoms with Gasteiger partial charge >= 0.3 is 0 Å². The number of nitrogens with one attached hydrogen (secondary N) is 2. The molecule has 2 aromatic rings. The molecule has 4 nitrogen and oxygen atoms in total. The predicted molar refractivity (Wildman–Crippen MR) is 85.8 cm³/mol. The summed E-state index contributed by atoms with van der Waals surface area (Å²) in [5.74, 6) is 0. The van der Waals surface area contributed by atoms with Crippen LogP contribution in [-0.2, 0) is 16.6 Å². The Hall–Kier alpha value is -1.85. The van der Waals surface area contributed by atoms with Crippen LogP contribution in [0, 0.1) is 6.92 Å². The van der Waals surface area contributed by atoms with E-state index in [4.69, 9.17) is 0 Å². The number of hydrogen-bond acceptors (Lipinski definition) is 3. The summed E-state index contributed by atoms with van der Waals surface area (Å²) in [6, 6.07) is 14.3. The minimum absolute atomic E-state index is 0.279. The summed E-state index contributed by atoms with van der Waals surface area (Å²) in [5.41, 5.74) is 2.45. The molecule has 112 valence electrons. The van der Waals surface area contributed by atoms with Crippen LogP contribution < -0.4 is 10.0 Å². The van der Waals surface area contributed by atoms with Crippen LogP contribution in [0.3, 0.4) is 0 Å². The van der Waals surface area contributed by atoms with Gasteiger partial charge in [-0.2, -0.15) is 0 Å².